The summed E-state index contributed by atoms with van der Waals surface area (Å²) in [7, 11) is 1.53. The number of hydrogen-bond donors (Lipinski definition) is 0. The van der Waals surface area contributed by atoms with E-state index in [2.05, 4.69) is 12.0 Å². The van der Waals surface area contributed by atoms with Crippen LogP contribution in [-0.4, -0.2) is 35.1 Å². The molecule has 1 aliphatic rings. The van der Waals surface area contributed by atoms with Crippen LogP contribution in [-0.2, 0) is 16.5 Å². The molecule has 1 aromatic heterocycles. The van der Waals surface area contributed by atoms with Gasteiger partial charge in [0.1, 0.15) is 12.2 Å². The number of aromatic nitrogens is 2. The largest absolute Gasteiger partial charge is 0.459 e. The highest BCUT2D eigenvalue weighted by molar-refractivity contribution is 5.90. The Balaban J connectivity index is 1.89. The number of nitrogens with zero attached hydrogens (tertiary/aromatic N) is 2. The number of aryl methyl sites for hydroxylation is 2. The summed E-state index contributed by atoms with van der Waals surface area (Å²) in [6.45, 7) is 6.19. The first-order valence-corrected chi connectivity index (χ1v) is 8.25. The van der Waals surface area contributed by atoms with Crippen LogP contribution in [0.5, 0.6) is 0 Å². The summed E-state index contributed by atoms with van der Waals surface area (Å²) >= 11 is 0. The van der Waals surface area contributed by atoms with Gasteiger partial charge in [-0.05, 0) is 38.2 Å². The number of carbonyl (C=O) groups excluding carboxylic acids is 1. The molecule has 1 saturated carbocycles. The minimum Gasteiger partial charge on any atom is -0.459 e. The molecule has 1 aliphatic carbocycles. The number of esters is 1. The second-order valence-electron chi connectivity index (χ2n) is 6.32. The minimum absolute atomic E-state index is 0.0611. The van der Waals surface area contributed by atoms with E-state index in [1.165, 1.54) is 31.0 Å². The molecule has 0 unspecified atom stereocenters. The van der Waals surface area contributed by atoms with E-state index in [0.29, 0.717) is 23.8 Å². The molecule has 6 nitrogen and oxygen atoms in total. The molecule has 0 bridgehead atoms. The summed E-state index contributed by atoms with van der Waals surface area (Å²) in [5.74, 6) is -0.0503. The summed E-state index contributed by atoms with van der Waals surface area (Å²) in [5, 5.41) is 4.05. The zero-order chi connectivity index (χ0) is 17.0. The van der Waals surface area contributed by atoms with Gasteiger partial charge in [0.15, 0.2) is 0 Å². The van der Waals surface area contributed by atoms with Crippen molar-refractivity contribution in [2.75, 3.05) is 13.2 Å². The molecule has 1 heterocycles. The predicted molar refractivity (Wildman–Crippen MR) is 86.6 cm³/mol. The quantitative estimate of drug-likeness (QED) is 0.613. The second-order valence-corrected chi connectivity index (χ2v) is 6.32. The fourth-order valence-electron chi connectivity index (χ4n) is 3.02. The molecule has 1 fully saturated rings. The Morgan fingerprint density at radius 2 is 1.96 bits per heavy atom. The van der Waals surface area contributed by atoms with Gasteiger partial charge < -0.3 is 9.47 Å². The molecule has 1 aromatic rings. The van der Waals surface area contributed by atoms with Gasteiger partial charge in [-0.1, -0.05) is 19.8 Å². The summed E-state index contributed by atoms with van der Waals surface area (Å²) in [6.07, 6.45) is 4.97. The highest BCUT2D eigenvalue weighted by Crippen LogP contribution is 2.26. The third-order valence-corrected chi connectivity index (χ3v) is 4.61. The van der Waals surface area contributed by atoms with E-state index in [1.54, 1.807) is 13.8 Å². The second kappa shape index (κ2) is 7.73. The van der Waals surface area contributed by atoms with Crippen LogP contribution in [0, 0.1) is 19.8 Å². The van der Waals surface area contributed by atoms with Crippen LogP contribution in [0.4, 0.5) is 0 Å². The number of hydrogen-bond acceptors (Lipinski definition) is 5. The van der Waals surface area contributed by atoms with Gasteiger partial charge in [-0.3, -0.25) is 4.79 Å². The third kappa shape index (κ3) is 4.19. The monoisotopic (exact) mass is 322 g/mol. The van der Waals surface area contributed by atoms with Crippen molar-refractivity contribution in [3.05, 3.63) is 27.2 Å². The zero-order valence-electron chi connectivity index (χ0n) is 14.4. The topological polar surface area (TPSA) is 70.4 Å². The molecule has 2 atom stereocenters. The zero-order valence-corrected chi connectivity index (χ0v) is 14.4. The van der Waals surface area contributed by atoms with E-state index in [9.17, 15) is 9.59 Å². The Morgan fingerprint density at radius 1 is 1.26 bits per heavy atom. The first-order valence-electron chi connectivity index (χ1n) is 8.25. The Hall–Kier alpha value is -1.69. The van der Waals surface area contributed by atoms with Gasteiger partial charge in [-0.15, -0.1) is 0 Å². The first kappa shape index (κ1) is 17.7. The highest BCUT2D eigenvalue weighted by atomic mass is 16.6. The summed E-state index contributed by atoms with van der Waals surface area (Å²) in [5.41, 5.74) is 0.845. The van der Waals surface area contributed by atoms with Crippen molar-refractivity contribution in [2.24, 2.45) is 13.0 Å². The van der Waals surface area contributed by atoms with Gasteiger partial charge in [0, 0.05) is 7.05 Å². The summed E-state index contributed by atoms with van der Waals surface area (Å²) in [6, 6.07) is 0. The lowest BCUT2D eigenvalue weighted by Crippen LogP contribution is -2.31. The molecule has 128 valence electrons. The molecule has 0 radical (unpaired) electrons. The van der Waals surface area contributed by atoms with Crippen molar-refractivity contribution < 1.29 is 14.3 Å². The number of ether oxygens (including phenoxy) is 2. The Bertz CT molecular complexity index is 624. The Labute approximate surface area is 136 Å². The fourth-order valence-corrected chi connectivity index (χ4v) is 3.02. The molecular weight excluding hydrogens is 296 g/mol. The average molecular weight is 322 g/mol. The fraction of sp³-hybridized carbons (Fsp3) is 0.706. The minimum atomic E-state index is -0.603. The van der Waals surface area contributed by atoms with Crippen molar-refractivity contribution in [3.63, 3.8) is 0 Å². The van der Waals surface area contributed by atoms with Gasteiger partial charge in [0.25, 0.3) is 5.56 Å². The van der Waals surface area contributed by atoms with E-state index in [-0.39, 0.29) is 18.3 Å². The molecule has 23 heavy (non-hydrogen) atoms. The first-order chi connectivity index (χ1) is 10.9. The summed E-state index contributed by atoms with van der Waals surface area (Å²) < 4.78 is 12.2. The van der Waals surface area contributed by atoms with Crippen molar-refractivity contribution in [3.8, 4) is 0 Å². The lowest BCUT2D eigenvalue weighted by molar-refractivity contribution is -0.0272. The molecule has 6 heteroatoms. The molecule has 0 spiro atoms. The van der Waals surface area contributed by atoms with Crippen LogP contribution in [0.2, 0.25) is 0 Å². The van der Waals surface area contributed by atoms with Gasteiger partial charge in [-0.2, -0.15) is 5.10 Å². The van der Waals surface area contributed by atoms with Crippen LogP contribution in [0.1, 0.15) is 54.2 Å². The summed E-state index contributed by atoms with van der Waals surface area (Å²) in [4.78, 5) is 24.3. The molecule has 0 aromatic carbocycles. The lowest BCUT2D eigenvalue weighted by atomic mass is 9.88. The Kier molecular flexibility index (Phi) is 5.93. The van der Waals surface area contributed by atoms with Crippen LogP contribution >= 0.6 is 0 Å². The molecular formula is C17H26N2O4. The van der Waals surface area contributed by atoms with Crippen molar-refractivity contribution in [1.82, 2.24) is 9.78 Å². The van der Waals surface area contributed by atoms with Crippen molar-refractivity contribution >= 4 is 5.97 Å². The Morgan fingerprint density at radius 3 is 2.65 bits per heavy atom. The average Bonchev–Trinajstić information content (AvgIpc) is 2.51. The van der Waals surface area contributed by atoms with E-state index < -0.39 is 11.5 Å². The maximum absolute atomic E-state index is 12.2. The molecule has 0 N–H and O–H groups in total. The predicted octanol–water partition coefficient (Wildman–Crippen LogP) is 2.15. The van der Waals surface area contributed by atoms with Crippen LogP contribution in [0.15, 0.2) is 4.79 Å². The van der Waals surface area contributed by atoms with E-state index in [1.807, 2.05) is 0 Å². The standard InChI is InChI=1S/C17H26N2O4/c1-11-7-5-6-8-14(11)22-9-10-23-17(21)15-12(2)13(3)18-19(4)16(15)20/h11,14H,5-10H2,1-4H3/t11-,14-/m0/s1. The lowest BCUT2D eigenvalue weighted by Gasteiger charge is -2.28. The third-order valence-electron chi connectivity index (χ3n) is 4.61. The number of rotatable bonds is 5. The van der Waals surface area contributed by atoms with E-state index in [0.717, 1.165) is 6.42 Å². The van der Waals surface area contributed by atoms with E-state index >= 15 is 0 Å². The molecule has 0 amide bonds. The van der Waals surface area contributed by atoms with Gasteiger partial charge >= 0.3 is 5.97 Å². The maximum atomic E-state index is 12.2. The maximum Gasteiger partial charge on any atom is 0.344 e. The smallest absolute Gasteiger partial charge is 0.344 e. The number of carbonyl (C=O) groups is 1. The van der Waals surface area contributed by atoms with Gasteiger partial charge in [-0.25, -0.2) is 9.48 Å². The normalized spacial score (nSPS) is 21.2. The van der Waals surface area contributed by atoms with Crippen LogP contribution in [0.25, 0.3) is 0 Å². The van der Waals surface area contributed by atoms with Crippen LogP contribution in [0.3, 0.4) is 0 Å². The SMILES string of the molecule is Cc1nn(C)c(=O)c(C(=O)OCCO[C@H]2CCCC[C@@H]2C)c1C. The van der Waals surface area contributed by atoms with E-state index in [4.69, 9.17) is 9.47 Å². The van der Waals surface area contributed by atoms with Gasteiger partial charge in [0.05, 0.1) is 18.4 Å². The molecule has 2 rings (SSSR count). The van der Waals surface area contributed by atoms with Crippen molar-refractivity contribution in [1.29, 1.82) is 0 Å². The highest BCUT2D eigenvalue weighted by Gasteiger charge is 2.22. The van der Waals surface area contributed by atoms with Crippen molar-refractivity contribution in [2.45, 2.75) is 52.6 Å². The molecule has 0 aliphatic heterocycles. The molecule has 0 saturated heterocycles. The van der Waals surface area contributed by atoms with Gasteiger partial charge in [0.2, 0.25) is 0 Å². The van der Waals surface area contributed by atoms with Crippen LogP contribution < -0.4 is 5.56 Å².